The molecule has 1 rings (SSSR count). The van der Waals surface area contributed by atoms with E-state index in [0.29, 0.717) is 23.2 Å². The Balaban J connectivity index is 3.04. The molecule has 0 bridgehead atoms. The van der Waals surface area contributed by atoms with Crippen molar-refractivity contribution in [3.8, 4) is 0 Å². The summed E-state index contributed by atoms with van der Waals surface area (Å²) in [5, 5.41) is 2.82. The lowest BCUT2D eigenvalue weighted by molar-refractivity contribution is -0.124. The predicted octanol–water partition coefficient (Wildman–Crippen LogP) is 1.41. The van der Waals surface area contributed by atoms with Crippen molar-refractivity contribution in [1.29, 1.82) is 0 Å². The molecule has 0 fully saturated rings. The van der Waals surface area contributed by atoms with Gasteiger partial charge in [0.2, 0.25) is 11.8 Å². The number of nitrogens with one attached hydrogen (secondary N) is 1. The third-order valence-corrected chi connectivity index (χ3v) is 3.63. The van der Waals surface area contributed by atoms with E-state index < -0.39 is 11.3 Å². The number of primary amides is 1. The topological polar surface area (TPSA) is 98.2 Å². The maximum atomic E-state index is 12.2. The molecule has 0 saturated carbocycles. The number of nitrogens with two attached hydrogens (primary N) is 2. The van der Waals surface area contributed by atoms with E-state index in [-0.39, 0.29) is 12.5 Å². The first-order chi connectivity index (χ1) is 8.85. The van der Waals surface area contributed by atoms with Gasteiger partial charge in [-0.2, -0.15) is 0 Å². The standard InChI is InChI=1S/C14H21N3O2/c1-4-14(3,8-15)13(19)17-11-7-5-6-10(9(11)2)12(16)18/h5-7H,4,8,15H2,1-3H3,(H2,16,18)(H,17,19). The molecule has 1 unspecified atom stereocenters. The van der Waals surface area contributed by atoms with Crippen molar-refractivity contribution in [2.45, 2.75) is 27.2 Å². The Morgan fingerprint density at radius 1 is 1.37 bits per heavy atom. The first-order valence-electron chi connectivity index (χ1n) is 6.26. The normalized spacial score (nSPS) is 13.7. The van der Waals surface area contributed by atoms with Gasteiger partial charge in [-0.1, -0.05) is 13.0 Å². The van der Waals surface area contributed by atoms with Crippen LogP contribution in [0, 0.1) is 12.3 Å². The molecule has 1 aromatic rings. The van der Waals surface area contributed by atoms with Gasteiger partial charge in [-0.15, -0.1) is 0 Å². The van der Waals surface area contributed by atoms with E-state index >= 15 is 0 Å². The van der Waals surface area contributed by atoms with Crippen LogP contribution in [0.15, 0.2) is 18.2 Å². The van der Waals surface area contributed by atoms with Crippen LogP contribution in [-0.2, 0) is 4.79 Å². The fraction of sp³-hybridized carbons (Fsp3) is 0.429. The maximum absolute atomic E-state index is 12.2. The molecule has 5 nitrogen and oxygen atoms in total. The van der Waals surface area contributed by atoms with Crippen molar-refractivity contribution in [2.24, 2.45) is 16.9 Å². The Morgan fingerprint density at radius 3 is 2.47 bits per heavy atom. The number of hydrogen-bond acceptors (Lipinski definition) is 3. The van der Waals surface area contributed by atoms with Gasteiger partial charge in [0.15, 0.2) is 0 Å². The van der Waals surface area contributed by atoms with Gasteiger partial charge in [0.25, 0.3) is 0 Å². The summed E-state index contributed by atoms with van der Waals surface area (Å²) in [6, 6.07) is 5.07. The molecule has 19 heavy (non-hydrogen) atoms. The number of carbonyl (C=O) groups is 2. The second-order valence-corrected chi connectivity index (χ2v) is 4.91. The number of hydrogen-bond donors (Lipinski definition) is 3. The van der Waals surface area contributed by atoms with Crippen LogP contribution in [-0.4, -0.2) is 18.4 Å². The smallest absolute Gasteiger partial charge is 0.249 e. The van der Waals surface area contributed by atoms with Crippen LogP contribution in [0.25, 0.3) is 0 Å². The second-order valence-electron chi connectivity index (χ2n) is 4.91. The van der Waals surface area contributed by atoms with Crippen LogP contribution >= 0.6 is 0 Å². The second kappa shape index (κ2) is 5.84. The summed E-state index contributed by atoms with van der Waals surface area (Å²) in [6.45, 7) is 5.75. The van der Waals surface area contributed by atoms with Crippen molar-refractivity contribution in [3.63, 3.8) is 0 Å². The Hall–Kier alpha value is -1.88. The molecular formula is C14H21N3O2. The highest BCUT2D eigenvalue weighted by Crippen LogP contribution is 2.24. The highest BCUT2D eigenvalue weighted by Gasteiger charge is 2.30. The largest absolute Gasteiger partial charge is 0.366 e. The SMILES string of the molecule is CCC(C)(CN)C(=O)Nc1cccc(C(N)=O)c1C. The van der Waals surface area contributed by atoms with Crippen LogP contribution < -0.4 is 16.8 Å². The number of rotatable bonds is 5. The van der Waals surface area contributed by atoms with Gasteiger partial charge >= 0.3 is 0 Å². The van der Waals surface area contributed by atoms with E-state index in [1.807, 2.05) is 13.8 Å². The van der Waals surface area contributed by atoms with Crippen LogP contribution in [0.1, 0.15) is 36.2 Å². The summed E-state index contributed by atoms with van der Waals surface area (Å²) in [4.78, 5) is 23.5. The Morgan fingerprint density at radius 2 is 2.00 bits per heavy atom. The van der Waals surface area contributed by atoms with Gasteiger partial charge in [-0.3, -0.25) is 9.59 Å². The fourth-order valence-corrected chi connectivity index (χ4v) is 1.71. The Labute approximate surface area is 113 Å². The predicted molar refractivity (Wildman–Crippen MR) is 75.8 cm³/mol. The lowest BCUT2D eigenvalue weighted by atomic mass is 9.86. The summed E-state index contributed by atoms with van der Waals surface area (Å²) in [5.41, 5.74) is 12.0. The molecule has 104 valence electrons. The van der Waals surface area contributed by atoms with Gasteiger partial charge in [0.05, 0.1) is 5.41 Å². The fourth-order valence-electron chi connectivity index (χ4n) is 1.71. The van der Waals surface area contributed by atoms with Gasteiger partial charge in [0.1, 0.15) is 0 Å². The molecule has 1 aromatic carbocycles. The summed E-state index contributed by atoms with van der Waals surface area (Å²) >= 11 is 0. The summed E-state index contributed by atoms with van der Waals surface area (Å²) in [5.74, 6) is -0.659. The zero-order chi connectivity index (χ0) is 14.6. The number of anilines is 1. The van der Waals surface area contributed by atoms with Crippen LogP contribution in [0.5, 0.6) is 0 Å². The first kappa shape index (κ1) is 15.2. The molecule has 0 aliphatic heterocycles. The van der Waals surface area contributed by atoms with Crippen molar-refractivity contribution >= 4 is 17.5 Å². The Kier molecular flexibility index (Phi) is 4.67. The third-order valence-electron chi connectivity index (χ3n) is 3.63. The quantitative estimate of drug-likeness (QED) is 0.749. The molecule has 0 aliphatic carbocycles. The van der Waals surface area contributed by atoms with E-state index in [1.54, 1.807) is 25.1 Å². The maximum Gasteiger partial charge on any atom is 0.249 e. The zero-order valence-corrected chi connectivity index (χ0v) is 11.6. The monoisotopic (exact) mass is 263 g/mol. The zero-order valence-electron chi connectivity index (χ0n) is 11.6. The molecule has 2 amide bonds. The van der Waals surface area contributed by atoms with Crippen molar-refractivity contribution < 1.29 is 9.59 Å². The van der Waals surface area contributed by atoms with Crippen LogP contribution in [0.3, 0.4) is 0 Å². The Bertz CT molecular complexity index is 493. The minimum atomic E-state index is -0.616. The van der Waals surface area contributed by atoms with E-state index in [9.17, 15) is 9.59 Å². The van der Waals surface area contributed by atoms with E-state index in [1.165, 1.54) is 0 Å². The molecule has 0 aliphatic rings. The number of carbonyl (C=O) groups excluding carboxylic acids is 2. The molecule has 0 heterocycles. The number of benzene rings is 1. The van der Waals surface area contributed by atoms with E-state index in [0.717, 1.165) is 0 Å². The molecule has 0 spiro atoms. The lowest BCUT2D eigenvalue weighted by Gasteiger charge is -2.25. The van der Waals surface area contributed by atoms with Crippen LogP contribution in [0.4, 0.5) is 5.69 Å². The summed E-state index contributed by atoms with van der Waals surface area (Å²) in [7, 11) is 0. The van der Waals surface area contributed by atoms with Gasteiger partial charge in [0, 0.05) is 17.8 Å². The van der Waals surface area contributed by atoms with Crippen molar-refractivity contribution in [2.75, 3.05) is 11.9 Å². The first-order valence-corrected chi connectivity index (χ1v) is 6.26. The summed E-state index contributed by atoms with van der Waals surface area (Å²) < 4.78 is 0. The molecular weight excluding hydrogens is 242 g/mol. The molecule has 0 saturated heterocycles. The highest BCUT2D eigenvalue weighted by molar-refractivity contribution is 6.00. The van der Waals surface area contributed by atoms with Crippen molar-refractivity contribution in [1.82, 2.24) is 0 Å². The van der Waals surface area contributed by atoms with Gasteiger partial charge in [-0.05, 0) is 38.0 Å². The lowest BCUT2D eigenvalue weighted by Crippen LogP contribution is -2.39. The average Bonchev–Trinajstić information content (AvgIpc) is 2.39. The summed E-state index contributed by atoms with van der Waals surface area (Å²) in [6.07, 6.45) is 0.643. The molecule has 0 radical (unpaired) electrons. The average molecular weight is 263 g/mol. The number of amides is 2. The minimum Gasteiger partial charge on any atom is -0.366 e. The third kappa shape index (κ3) is 3.12. The van der Waals surface area contributed by atoms with Gasteiger partial charge < -0.3 is 16.8 Å². The van der Waals surface area contributed by atoms with Crippen LogP contribution in [0.2, 0.25) is 0 Å². The molecule has 5 heteroatoms. The molecule has 1 atom stereocenters. The molecule has 0 aromatic heterocycles. The van der Waals surface area contributed by atoms with Crippen molar-refractivity contribution in [3.05, 3.63) is 29.3 Å². The molecule has 5 N–H and O–H groups in total. The van der Waals surface area contributed by atoms with E-state index in [4.69, 9.17) is 11.5 Å². The van der Waals surface area contributed by atoms with Gasteiger partial charge in [-0.25, -0.2) is 0 Å². The minimum absolute atomic E-state index is 0.151. The highest BCUT2D eigenvalue weighted by atomic mass is 16.2. The van der Waals surface area contributed by atoms with E-state index in [2.05, 4.69) is 5.32 Å².